The van der Waals surface area contributed by atoms with Crippen molar-refractivity contribution in [3.63, 3.8) is 0 Å². The molecule has 0 spiro atoms. The van der Waals surface area contributed by atoms with Gasteiger partial charge >= 0.3 is 5.97 Å². The smallest absolute Gasteiger partial charge is 0.337 e. The lowest BCUT2D eigenvalue weighted by atomic mass is 10.1. The Kier molecular flexibility index (Phi) is 5.64. The molecule has 0 fully saturated rings. The Bertz CT molecular complexity index is 1030. The summed E-state index contributed by atoms with van der Waals surface area (Å²) in [4.78, 5) is 32.4. The summed E-state index contributed by atoms with van der Waals surface area (Å²) in [6.07, 6.45) is 1.31. The summed E-state index contributed by atoms with van der Waals surface area (Å²) in [5, 5.41) is 5.94. The number of hydrogen-bond donors (Lipinski definition) is 2. The molecule has 0 bridgehead atoms. The van der Waals surface area contributed by atoms with E-state index in [1.807, 2.05) is 32.0 Å². The predicted molar refractivity (Wildman–Crippen MR) is 107 cm³/mol. The van der Waals surface area contributed by atoms with Crippen LogP contribution in [0.1, 0.15) is 32.0 Å². The van der Waals surface area contributed by atoms with Crippen molar-refractivity contribution in [3.8, 4) is 0 Å². The Labute approximate surface area is 162 Å². The number of aryl methyl sites for hydroxylation is 2. The first-order valence-corrected chi connectivity index (χ1v) is 8.62. The van der Waals surface area contributed by atoms with Gasteiger partial charge in [-0.25, -0.2) is 14.8 Å². The summed E-state index contributed by atoms with van der Waals surface area (Å²) in [5.41, 5.74) is 4.03. The van der Waals surface area contributed by atoms with Crippen LogP contribution in [0.2, 0.25) is 0 Å². The highest BCUT2D eigenvalue weighted by atomic mass is 16.5. The number of benzene rings is 2. The number of methoxy groups -OCH3 is 1. The van der Waals surface area contributed by atoms with E-state index in [0.717, 1.165) is 16.8 Å². The molecule has 0 atom stereocenters. The second kappa shape index (κ2) is 8.30. The van der Waals surface area contributed by atoms with E-state index in [1.54, 1.807) is 30.3 Å². The van der Waals surface area contributed by atoms with Gasteiger partial charge in [0.25, 0.3) is 5.91 Å². The van der Waals surface area contributed by atoms with E-state index in [2.05, 4.69) is 20.6 Å². The minimum Gasteiger partial charge on any atom is -0.465 e. The first kappa shape index (κ1) is 19.0. The molecule has 2 aromatic carbocycles. The van der Waals surface area contributed by atoms with Crippen LogP contribution in [0.5, 0.6) is 0 Å². The molecule has 0 saturated heterocycles. The van der Waals surface area contributed by atoms with E-state index in [1.165, 1.54) is 13.4 Å². The molecule has 0 unspecified atom stereocenters. The maximum Gasteiger partial charge on any atom is 0.337 e. The van der Waals surface area contributed by atoms with Gasteiger partial charge in [0.15, 0.2) is 0 Å². The van der Waals surface area contributed by atoms with Crippen LogP contribution in [-0.4, -0.2) is 29.0 Å². The fourth-order valence-corrected chi connectivity index (χ4v) is 2.60. The number of amides is 1. The van der Waals surface area contributed by atoms with Crippen molar-refractivity contribution in [1.29, 1.82) is 0 Å². The molecule has 1 heterocycles. The van der Waals surface area contributed by atoms with E-state index in [0.29, 0.717) is 17.1 Å². The molecule has 0 aliphatic rings. The maximum absolute atomic E-state index is 12.6. The zero-order valence-electron chi connectivity index (χ0n) is 15.8. The van der Waals surface area contributed by atoms with Gasteiger partial charge in [-0.2, -0.15) is 0 Å². The summed E-state index contributed by atoms with van der Waals surface area (Å²) in [6, 6.07) is 14.2. The van der Waals surface area contributed by atoms with Crippen LogP contribution < -0.4 is 10.6 Å². The van der Waals surface area contributed by atoms with Gasteiger partial charge in [-0.3, -0.25) is 4.79 Å². The molecular formula is C21H20N4O3. The minimum atomic E-state index is -0.431. The van der Waals surface area contributed by atoms with E-state index in [-0.39, 0.29) is 11.6 Å². The van der Waals surface area contributed by atoms with Crippen molar-refractivity contribution in [2.24, 2.45) is 0 Å². The van der Waals surface area contributed by atoms with Gasteiger partial charge in [0.05, 0.1) is 12.7 Å². The van der Waals surface area contributed by atoms with Crippen molar-refractivity contribution in [1.82, 2.24) is 9.97 Å². The quantitative estimate of drug-likeness (QED) is 0.657. The Hall–Kier alpha value is -3.74. The molecule has 7 heteroatoms. The Morgan fingerprint density at radius 2 is 1.82 bits per heavy atom. The monoisotopic (exact) mass is 376 g/mol. The average molecular weight is 376 g/mol. The molecule has 142 valence electrons. The fourth-order valence-electron chi connectivity index (χ4n) is 2.60. The molecule has 0 aliphatic heterocycles. The van der Waals surface area contributed by atoms with Crippen LogP contribution in [0.3, 0.4) is 0 Å². The second-order valence-electron chi connectivity index (χ2n) is 6.26. The summed E-state index contributed by atoms with van der Waals surface area (Å²) >= 11 is 0. The van der Waals surface area contributed by atoms with Crippen LogP contribution >= 0.6 is 0 Å². The lowest BCUT2D eigenvalue weighted by molar-refractivity contribution is 0.0600. The average Bonchev–Trinajstić information content (AvgIpc) is 2.70. The highest BCUT2D eigenvalue weighted by Crippen LogP contribution is 2.19. The molecule has 0 saturated carbocycles. The number of ether oxygens (including phenoxy) is 1. The molecule has 1 aromatic heterocycles. The van der Waals surface area contributed by atoms with Crippen molar-refractivity contribution in [2.75, 3.05) is 17.7 Å². The van der Waals surface area contributed by atoms with E-state index in [4.69, 9.17) is 4.74 Å². The largest absolute Gasteiger partial charge is 0.465 e. The minimum absolute atomic E-state index is 0.225. The number of aromatic nitrogens is 2. The summed E-state index contributed by atoms with van der Waals surface area (Å²) in [5.74, 6) is -0.328. The molecule has 3 aromatic rings. The molecule has 0 aliphatic carbocycles. The van der Waals surface area contributed by atoms with Crippen LogP contribution in [0, 0.1) is 13.8 Å². The second-order valence-corrected chi connectivity index (χ2v) is 6.26. The Morgan fingerprint density at radius 1 is 1.00 bits per heavy atom. The third-order valence-corrected chi connectivity index (χ3v) is 4.10. The van der Waals surface area contributed by atoms with Gasteiger partial charge < -0.3 is 15.4 Å². The van der Waals surface area contributed by atoms with Crippen LogP contribution in [0.15, 0.2) is 54.9 Å². The highest BCUT2D eigenvalue weighted by molar-refractivity contribution is 6.03. The van der Waals surface area contributed by atoms with Crippen LogP contribution in [0.25, 0.3) is 0 Å². The Morgan fingerprint density at radius 3 is 2.61 bits per heavy atom. The zero-order chi connectivity index (χ0) is 20.1. The van der Waals surface area contributed by atoms with Gasteiger partial charge in [-0.05, 0) is 49.2 Å². The third-order valence-electron chi connectivity index (χ3n) is 4.10. The van der Waals surface area contributed by atoms with Gasteiger partial charge in [0.1, 0.15) is 17.8 Å². The molecular weight excluding hydrogens is 356 g/mol. The number of rotatable bonds is 5. The molecule has 7 nitrogen and oxygen atoms in total. The first-order chi connectivity index (χ1) is 13.5. The lowest BCUT2D eigenvalue weighted by Crippen LogP contribution is -2.15. The number of nitrogens with one attached hydrogen (secondary N) is 2. The SMILES string of the molecule is COC(=O)c1cccc(Nc2cc(C(=O)Nc3cc(C)ccc3C)ncn2)c1. The van der Waals surface area contributed by atoms with Gasteiger partial charge in [-0.1, -0.05) is 18.2 Å². The van der Waals surface area contributed by atoms with E-state index in [9.17, 15) is 9.59 Å². The molecule has 28 heavy (non-hydrogen) atoms. The van der Waals surface area contributed by atoms with Crippen LogP contribution in [0.4, 0.5) is 17.2 Å². The lowest BCUT2D eigenvalue weighted by Gasteiger charge is -2.10. The molecule has 1 amide bonds. The molecule has 0 radical (unpaired) electrons. The zero-order valence-corrected chi connectivity index (χ0v) is 15.8. The molecule has 2 N–H and O–H groups in total. The number of nitrogens with zero attached hydrogens (tertiary/aromatic N) is 2. The standard InChI is InChI=1S/C21H20N4O3/c1-13-7-8-14(2)17(9-13)25-20(26)18-11-19(23-12-22-18)24-16-6-4-5-15(10-16)21(27)28-3/h4-12H,1-3H3,(H,25,26)(H,22,23,24). The number of hydrogen-bond acceptors (Lipinski definition) is 6. The van der Waals surface area contributed by atoms with Crippen molar-refractivity contribution in [3.05, 3.63) is 77.2 Å². The first-order valence-electron chi connectivity index (χ1n) is 8.62. The summed E-state index contributed by atoms with van der Waals surface area (Å²) in [6.45, 7) is 3.89. The summed E-state index contributed by atoms with van der Waals surface area (Å²) < 4.78 is 4.72. The van der Waals surface area contributed by atoms with Crippen LogP contribution in [-0.2, 0) is 4.74 Å². The van der Waals surface area contributed by atoms with Crippen molar-refractivity contribution < 1.29 is 14.3 Å². The predicted octanol–water partition coefficient (Wildman–Crippen LogP) is 3.88. The van der Waals surface area contributed by atoms with E-state index >= 15 is 0 Å². The fraction of sp³-hybridized carbons (Fsp3) is 0.143. The van der Waals surface area contributed by atoms with Gasteiger partial charge in [0.2, 0.25) is 0 Å². The maximum atomic E-state index is 12.6. The Balaban J connectivity index is 1.78. The third kappa shape index (κ3) is 4.50. The van der Waals surface area contributed by atoms with Gasteiger partial charge in [0, 0.05) is 17.4 Å². The number of esters is 1. The highest BCUT2D eigenvalue weighted by Gasteiger charge is 2.12. The molecule has 3 rings (SSSR count). The van der Waals surface area contributed by atoms with E-state index < -0.39 is 5.97 Å². The van der Waals surface area contributed by atoms with Crippen molar-refractivity contribution >= 4 is 29.1 Å². The number of anilines is 3. The van der Waals surface area contributed by atoms with Gasteiger partial charge in [-0.15, -0.1) is 0 Å². The topological polar surface area (TPSA) is 93.2 Å². The number of carbonyl (C=O) groups excluding carboxylic acids is 2. The normalized spacial score (nSPS) is 10.2. The van der Waals surface area contributed by atoms with Crippen molar-refractivity contribution in [2.45, 2.75) is 13.8 Å². The summed E-state index contributed by atoms with van der Waals surface area (Å²) in [7, 11) is 1.33. The number of carbonyl (C=O) groups is 2.